The first-order valence-corrected chi connectivity index (χ1v) is 9.15. The van der Waals surface area contributed by atoms with E-state index in [9.17, 15) is 4.79 Å². The number of anilines is 1. The SMILES string of the molecule is COC(=O)c1ccc(N2CCN(CCN3CCOCC3)[C@H](C)C2)cc1. The van der Waals surface area contributed by atoms with Crippen LogP contribution in [0, 0.1) is 0 Å². The molecule has 0 unspecified atom stereocenters. The predicted octanol–water partition coefficient (Wildman–Crippen LogP) is 1.32. The molecule has 2 heterocycles. The quantitative estimate of drug-likeness (QED) is 0.749. The number of piperazine rings is 1. The molecule has 25 heavy (non-hydrogen) atoms. The Morgan fingerprint density at radius 3 is 2.48 bits per heavy atom. The highest BCUT2D eigenvalue weighted by Crippen LogP contribution is 2.20. The number of ether oxygens (including phenoxy) is 2. The van der Waals surface area contributed by atoms with Crippen LogP contribution in [-0.4, -0.2) is 87.9 Å². The number of carbonyl (C=O) groups excluding carboxylic acids is 1. The molecule has 1 aromatic carbocycles. The molecule has 0 spiro atoms. The van der Waals surface area contributed by atoms with E-state index in [1.54, 1.807) is 0 Å². The average Bonchev–Trinajstić information content (AvgIpc) is 2.67. The van der Waals surface area contributed by atoms with Gasteiger partial charge in [-0.3, -0.25) is 9.80 Å². The molecule has 0 saturated carbocycles. The van der Waals surface area contributed by atoms with Gasteiger partial charge in [0.05, 0.1) is 25.9 Å². The van der Waals surface area contributed by atoms with Crippen molar-refractivity contribution in [1.82, 2.24) is 9.80 Å². The standard InChI is InChI=1S/C19H29N3O3/c1-16-15-22(18-5-3-17(4-6-18)19(23)24-2)10-9-21(16)8-7-20-11-13-25-14-12-20/h3-6,16H,7-15H2,1-2H3/t16-/m1/s1. The smallest absolute Gasteiger partial charge is 0.337 e. The van der Waals surface area contributed by atoms with Crippen molar-refractivity contribution in [2.24, 2.45) is 0 Å². The molecule has 138 valence electrons. The van der Waals surface area contributed by atoms with E-state index in [1.807, 2.05) is 24.3 Å². The zero-order valence-corrected chi connectivity index (χ0v) is 15.3. The van der Waals surface area contributed by atoms with Crippen LogP contribution >= 0.6 is 0 Å². The van der Waals surface area contributed by atoms with Gasteiger partial charge in [-0.25, -0.2) is 4.79 Å². The van der Waals surface area contributed by atoms with Gasteiger partial charge in [-0.15, -0.1) is 0 Å². The number of esters is 1. The van der Waals surface area contributed by atoms with Crippen molar-refractivity contribution < 1.29 is 14.3 Å². The van der Waals surface area contributed by atoms with Crippen LogP contribution in [-0.2, 0) is 9.47 Å². The lowest BCUT2D eigenvalue weighted by molar-refractivity contribution is 0.0306. The van der Waals surface area contributed by atoms with Gasteiger partial charge in [0.25, 0.3) is 0 Å². The normalized spacial score (nSPS) is 22.8. The van der Waals surface area contributed by atoms with E-state index in [2.05, 4.69) is 21.6 Å². The van der Waals surface area contributed by atoms with Crippen LogP contribution in [0.2, 0.25) is 0 Å². The molecule has 1 atom stereocenters. The summed E-state index contributed by atoms with van der Waals surface area (Å²) in [4.78, 5) is 19.0. The van der Waals surface area contributed by atoms with E-state index in [0.29, 0.717) is 11.6 Å². The molecule has 0 N–H and O–H groups in total. The third-order valence-corrected chi connectivity index (χ3v) is 5.23. The van der Waals surface area contributed by atoms with Gasteiger partial charge >= 0.3 is 5.97 Å². The summed E-state index contributed by atoms with van der Waals surface area (Å²) in [5.74, 6) is -0.284. The van der Waals surface area contributed by atoms with Crippen molar-refractivity contribution >= 4 is 11.7 Å². The first-order valence-electron chi connectivity index (χ1n) is 9.15. The third kappa shape index (κ3) is 4.71. The summed E-state index contributed by atoms with van der Waals surface area (Å²) in [7, 11) is 1.41. The molecule has 3 rings (SSSR count). The van der Waals surface area contributed by atoms with E-state index in [1.165, 1.54) is 12.8 Å². The maximum absolute atomic E-state index is 11.5. The molecule has 6 heteroatoms. The molecule has 0 amide bonds. The zero-order chi connectivity index (χ0) is 17.6. The molecule has 0 aliphatic carbocycles. The van der Waals surface area contributed by atoms with E-state index in [4.69, 9.17) is 9.47 Å². The van der Waals surface area contributed by atoms with Crippen LogP contribution in [0.4, 0.5) is 5.69 Å². The number of hydrogen-bond acceptors (Lipinski definition) is 6. The van der Waals surface area contributed by atoms with Gasteiger partial charge in [0, 0.05) is 57.5 Å². The fourth-order valence-electron chi connectivity index (χ4n) is 3.58. The second kappa shape index (κ2) is 8.65. The minimum absolute atomic E-state index is 0.284. The predicted molar refractivity (Wildman–Crippen MR) is 98.3 cm³/mol. The van der Waals surface area contributed by atoms with Gasteiger partial charge in [-0.1, -0.05) is 0 Å². The summed E-state index contributed by atoms with van der Waals surface area (Å²) in [5, 5.41) is 0. The Morgan fingerprint density at radius 2 is 1.84 bits per heavy atom. The second-order valence-electron chi connectivity index (χ2n) is 6.82. The fourth-order valence-corrected chi connectivity index (χ4v) is 3.58. The van der Waals surface area contributed by atoms with E-state index in [0.717, 1.165) is 59.0 Å². The largest absolute Gasteiger partial charge is 0.465 e. The molecule has 0 aromatic heterocycles. The summed E-state index contributed by atoms with van der Waals surface area (Å²) < 4.78 is 10.2. The first kappa shape index (κ1) is 18.2. The molecule has 0 bridgehead atoms. The molecule has 6 nitrogen and oxygen atoms in total. The summed E-state index contributed by atoms with van der Waals surface area (Å²) in [5.41, 5.74) is 1.77. The molecular weight excluding hydrogens is 318 g/mol. The lowest BCUT2D eigenvalue weighted by Gasteiger charge is -2.42. The van der Waals surface area contributed by atoms with Crippen LogP contribution < -0.4 is 4.90 Å². The summed E-state index contributed by atoms with van der Waals surface area (Å²) >= 11 is 0. The third-order valence-electron chi connectivity index (χ3n) is 5.23. The molecule has 2 aliphatic heterocycles. The average molecular weight is 347 g/mol. The van der Waals surface area contributed by atoms with Gasteiger partial charge in [-0.2, -0.15) is 0 Å². The van der Waals surface area contributed by atoms with Crippen molar-refractivity contribution in [3.63, 3.8) is 0 Å². The topological polar surface area (TPSA) is 45.2 Å². The van der Waals surface area contributed by atoms with Gasteiger partial charge < -0.3 is 14.4 Å². The monoisotopic (exact) mass is 347 g/mol. The zero-order valence-electron chi connectivity index (χ0n) is 15.3. The summed E-state index contributed by atoms with van der Waals surface area (Å²) in [6.45, 7) is 11.5. The van der Waals surface area contributed by atoms with Crippen LogP contribution in [0.15, 0.2) is 24.3 Å². The molecular formula is C19H29N3O3. The number of rotatable bonds is 5. The first-order chi connectivity index (χ1) is 12.2. The maximum atomic E-state index is 11.5. The molecule has 0 radical (unpaired) electrons. The highest BCUT2D eigenvalue weighted by Gasteiger charge is 2.24. The second-order valence-corrected chi connectivity index (χ2v) is 6.82. The Bertz CT molecular complexity index is 558. The Morgan fingerprint density at radius 1 is 1.12 bits per heavy atom. The van der Waals surface area contributed by atoms with Crippen LogP contribution in [0.1, 0.15) is 17.3 Å². The molecule has 1 aromatic rings. The van der Waals surface area contributed by atoms with Crippen molar-refractivity contribution in [3.8, 4) is 0 Å². The fraction of sp³-hybridized carbons (Fsp3) is 0.632. The number of hydrogen-bond donors (Lipinski definition) is 0. The van der Waals surface area contributed by atoms with Crippen LogP contribution in [0.5, 0.6) is 0 Å². The summed E-state index contributed by atoms with van der Waals surface area (Å²) in [6.07, 6.45) is 0. The minimum atomic E-state index is -0.284. The van der Waals surface area contributed by atoms with Gasteiger partial charge in [-0.05, 0) is 31.2 Å². The van der Waals surface area contributed by atoms with Gasteiger partial charge in [0.15, 0.2) is 0 Å². The Hall–Kier alpha value is -1.63. The van der Waals surface area contributed by atoms with E-state index in [-0.39, 0.29) is 5.97 Å². The van der Waals surface area contributed by atoms with Gasteiger partial charge in [0.1, 0.15) is 0 Å². The number of carbonyl (C=O) groups is 1. The molecule has 2 saturated heterocycles. The Labute approximate surface area is 150 Å². The van der Waals surface area contributed by atoms with Crippen LogP contribution in [0.25, 0.3) is 0 Å². The lowest BCUT2D eigenvalue weighted by Crippen LogP contribution is -2.54. The maximum Gasteiger partial charge on any atom is 0.337 e. The minimum Gasteiger partial charge on any atom is -0.465 e. The number of methoxy groups -OCH3 is 1. The Kier molecular flexibility index (Phi) is 6.29. The van der Waals surface area contributed by atoms with Gasteiger partial charge in [0.2, 0.25) is 0 Å². The Balaban J connectivity index is 1.49. The molecule has 2 aliphatic rings. The highest BCUT2D eigenvalue weighted by atomic mass is 16.5. The van der Waals surface area contributed by atoms with Crippen molar-refractivity contribution in [3.05, 3.63) is 29.8 Å². The van der Waals surface area contributed by atoms with E-state index >= 15 is 0 Å². The van der Waals surface area contributed by atoms with E-state index < -0.39 is 0 Å². The number of morpholine rings is 1. The highest BCUT2D eigenvalue weighted by molar-refractivity contribution is 5.89. The number of benzene rings is 1. The lowest BCUT2D eigenvalue weighted by atomic mass is 10.1. The van der Waals surface area contributed by atoms with Crippen molar-refractivity contribution in [1.29, 1.82) is 0 Å². The van der Waals surface area contributed by atoms with Crippen LogP contribution in [0.3, 0.4) is 0 Å². The summed E-state index contributed by atoms with van der Waals surface area (Å²) in [6, 6.07) is 8.24. The number of nitrogens with zero attached hydrogens (tertiary/aromatic N) is 3. The molecule has 2 fully saturated rings. The van der Waals surface area contributed by atoms with Crippen molar-refractivity contribution in [2.45, 2.75) is 13.0 Å². The van der Waals surface area contributed by atoms with Crippen molar-refractivity contribution in [2.75, 3.05) is 71.0 Å².